The van der Waals surface area contributed by atoms with E-state index in [2.05, 4.69) is 27.5 Å². The summed E-state index contributed by atoms with van der Waals surface area (Å²) in [5, 5.41) is 6.83. The third-order valence-electron chi connectivity index (χ3n) is 7.53. The van der Waals surface area contributed by atoms with Crippen LogP contribution in [0.2, 0.25) is 5.02 Å². The van der Waals surface area contributed by atoms with Crippen LogP contribution in [0.15, 0.2) is 36.5 Å². The summed E-state index contributed by atoms with van der Waals surface area (Å²) in [6.45, 7) is 3.98. The number of aromatic nitrogens is 2. The standard InChI is InChI=1S/C27H31ClFN5O4/c1-16-11-19(15-34(16,2)27(35)31-18-7-9-37-10-8-18)38-24-12-17-14-30-26(33-22(17)13-23(24)36-3)32-21-6-4-5-20(28)25(21)29/h4-6,12-14,16,18-19H,7-11,15H2,1-3H3,(H-,30,31,32,33,35)/p+1/t16?,19-,34?/m1/s1. The largest absolute Gasteiger partial charge is 0.493 e. The maximum Gasteiger partial charge on any atom is 0.416 e. The number of benzene rings is 2. The van der Waals surface area contributed by atoms with Crippen molar-refractivity contribution in [1.29, 1.82) is 0 Å². The van der Waals surface area contributed by atoms with Crippen molar-refractivity contribution in [2.45, 2.75) is 44.4 Å². The molecule has 11 heteroatoms. The highest BCUT2D eigenvalue weighted by molar-refractivity contribution is 6.31. The van der Waals surface area contributed by atoms with Gasteiger partial charge < -0.3 is 24.8 Å². The zero-order valence-electron chi connectivity index (χ0n) is 21.7. The molecule has 2 aliphatic heterocycles. The van der Waals surface area contributed by atoms with Gasteiger partial charge in [0.2, 0.25) is 5.95 Å². The minimum absolute atomic E-state index is 0.0104. The number of hydrogen-bond donors (Lipinski definition) is 2. The Kier molecular flexibility index (Phi) is 7.56. The van der Waals surface area contributed by atoms with Crippen molar-refractivity contribution < 1.29 is 27.9 Å². The number of likely N-dealkylation sites (tertiary alicyclic amines) is 1. The first-order valence-corrected chi connectivity index (χ1v) is 13.1. The zero-order chi connectivity index (χ0) is 26.9. The number of ether oxygens (including phenoxy) is 3. The first-order chi connectivity index (χ1) is 18.3. The van der Waals surface area contributed by atoms with E-state index in [-0.39, 0.29) is 45.4 Å². The number of anilines is 2. The van der Waals surface area contributed by atoms with Gasteiger partial charge in [-0.1, -0.05) is 17.7 Å². The Morgan fingerprint density at radius 3 is 2.79 bits per heavy atom. The molecule has 0 spiro atoms. The van der Waals surface area contributed by atoms with E-state index < -0.39 is 5.82 Å². The highest BCUT2D eigenvalue weighted by atomic mass is 35.5. The van der Waals surface area contributed by atoms with Gasteiger partial charge in [-0.2, -0.15) is 0 Å². The molecule has 1 aromatic heterocycles. The molecule has 38 heavy (non-hydrogen) atoms. The Hall–Kier alpha value is -3.21. The van der Waals surface area contributed by atoms with Crippen LogP contribution in [0, 0.1) is 5.82 Å². The Morgan fingerprint density at radius 1 is 1.24 bits per heavy atom. The lowest BCUT2D eigenvalue weighted by Gasteiger charge is -2.33. The van der Waals surface area contributed by atoms with Crippen molar-refractivity contribution in [3.63, 3.8) is 0 Å². The number of methoxy groups -OCH3 is 1. The number of rotatable bonds is 6. The number of amides is 2. The highest BCUT2D eigenvalue weighted by Crippen LogP contribution is 2.36. The molecule has 0 aliphatic carbocycles. The molecule has 2 aromatic carbocycles. The summed E-state index contributed by atoms with van der Waals surface area (Å²) in [4.78, 5) is 22.1. The van der Waals surface area contributed by atoms with Crippen LogP contribution in [0.1, 0.15) is 26.2 Å². The topological polar surface area (TPSA) is 94.6 Å². The van der Waals surface area contributed by atoms with Gasteiger partial charge in [0.1, 0.15) is 6.54 Å². The first kappa shape index (κ1) is 26.4. The summed E-state index contributed by atoms with van der Waals surface area (Å²) in [6, 6.07) is 8.52. The van der Waals surface area contributed by atoms with E-state index in [1.54, 1.807) is 31.5 Å². The number of carbonyl (C=O) groups is 1. The molecule has 0 radical (unpaired) electrons. The number of nitrogens with zero attached hydrogens (tertiary/aromatic N) is 3. The van der Waals surface area contributed by atoms with E-state index >= 15 is 0 Å². The number of nitrogens with one attached hydrogen (secondary N) is 2. The van der Waals surface area contributed by atoms with Gasteiger partial charge in [0, 0.05) is 43.3 Å². The lowest BCUT2D eigenvalue weighted by molar-refractivity contribution is -0.841. The number of fused-ring (bicyclic) bond motifs is 1. The SMILES string of the molecule is COc1cc2nc(Nc3cccc(Cl)c3F)ncc2cc1O[C@@H]1CC(C)[N+](C)(C(=O)NC2CCOCC2)C1. The van der Waals surface area contributed by atoms with E-state index in [0.29, 0.717) is 36.8 Å². The minimum Gasteiger partial charge on any atom is -0.493 e. The van der Waals surface area contributed by atoms with Crippen LogP contribution in [0.25, 0.3) is 10.9 Å². The predicted octanol–water partition coefficient (Wildman–Crippen LogP) is 5.05. The van der Waals surface area contributed by atoms with Gasteiger partial charge in [-0.05, 0) is 38.0 Å². The predicted molar refractivity (Wildman–Crippen MR) is 143 cm³/mol. The fraction of sp³-hybridized carbons (Fsp3) is 0.444. The molecule has 2 amide bonds. The second-order valence-corrected chi connectivity index (χ2v) is 10.5. The van der Waals surface area contributed by atoms with Crippen molar-refractivity contribution >= 4 is 40.2 Å². The minimum atomic E-state index is -0.572. The molecule has 3 atom stereocenters. The number of urea groups is 1. The number of likely N-dealkylation sites (N-methyl/N-ethyl adjacent to an activating group) is 1. The molecule has 3 aromatic rings. The molecule has 202 valence electrons. The van der Waals surface area contributed by atoms with Crippen LogP contribution in [0.3, 0.4) is 0 Å². The van der Waals surface area contributed by atoms with Crippen LogP contribution in [0.5, 0.6) is 11.5 Å². The molecule has 0 bridgehead atoms. The molecule has 2 aliphatic rings. The summed E-state index contributed by atoms with van der Waals surface area (Å²) in [6.07, 6.45) is 3.86. The van der Waals surface area contributed by atoms with Crippen LogP contribution in [-0.2, 0) is 4.74 Å². The smallest absolute Gasteiger partial charge is 0.416 e. The fourth-order valence-electron chi connectivity index (χ4n) is 5.07. The molecule has 2 unspecified atom stereocenters. The van der Waals surface area contributed by atoms with Crippen molar-refractivity contribution in [2.24, 2.45) is 0 Å². The Balaban J connectivity index is 1.31. The zero-order valence-corrected chi connectivity index (χ0v) is 22.4. The average molecular weight is 545 g/mol. The molecule has 9 nitrogen and oxygen atoms in total. The lowest BCUT2D eigenvalue weighted by atomic mass is 10.1. The third kappa shape index (κ3) is 5.34. The molecule has 2 fully saturated rings. The quantitative estimate of drug-likeness (QED) is 0.419. The number of carbonyl (C=O) groups excluding carboxylic acids is 1. The molecule has 2 saturated heterocycles. The second-order valence-electron chi connectivity index (χ2n) is 10.1. The fourth-order valence-corrected chi connectivity index (χ4v) is 5.25. The normalized spacial score (nSPS) is 23.8. The molecule has 0 saturated carbocycles. The van der Waals surface area contributed by atoms with Crippen LogP contribution in [-0.4, -0.2) is 72.6 Å². The lowest BCUT2D eigenvalue weighted by Crippen LogP contribution is -2.59. The Labute approximate surface area is 225 Å². The van der Waals surface area contributed by atoms with Crippen molar-refractivity contribution in [3.8, 4) is 11.5 Å². The number of quaternary nitrogens is 1. The van der Waals surface area contributed by atoms with Gasteiger partial charge in [0.25, 0.3) is 0 Å². The average Bonchev–Trinajstić information content (AvgIpc) is 3.20. The third-order valence-corrected chi connectivity index (χ3v) is 7.82. The summed E-state index contributed by atoms with van der Waals surface area (Å²) in [7, 11) is 3.53. The molecule has 5 rings (SSSR count). The van der Waals surface area contributed by atoms with Gasteiger partial charge in [0.05, 0.1) is 36.4 Å². The monoisotopic (exact) mass is 544 g/mol. The Bertz CT molecular complexity index is 1340. The second kappa shape index (κ2) is 10.9. The summed E-state index contributed by atoms with van der Waals surface area (Å²) < 4.78 is 32.0. The van der Waals surface area contributed by atoms with E-state index in [0.717, 1.165) is 24.6 Å². The van der Waals surface area contributed by atoms with E-state index in [4.69, 9.17) is 25.8 Å². The number of halogens is 2. The molecule has 3 heterocycles. The van der Waals surface area contributed by atoms with Gasteiger partial charge in [-0.25, -0.2) is 23.6 Å². The van der Waals surface area contributed by atoms with Crippen molar-refractivity contribution in [1.82, 2.24) is 15.3 Å². The number of hydrogen-bond acceptors (Lipinski definition) is 7. The van der Waals surface area contributed by atoms with Gasteiger partial charge in [-0.15, -0.1) is 0 Å². The molecular weight excluding hydrogens is 513 g/mol. The van der Waals surface area contributed by atoms with Crippen LogP contribution < -0.4 is 20.1 Å². The van der Waals surface area contributed by atoms with Gasteiger partial charge >= 0.3 is 6.03 Å². The van der Waals surface area contributed by atoms with E-state index in [1.807, 2.05) is 13.1 Å². The highest BCUT2D eigenvalue weighted by Gasteiger charge is 2.48. The first-order valence-electron chi connectivity index (χ1n) is 12.7. The van der Waals surface area contributed by atoms with Crippen LogP contribution >= 0.6 is 11.6 Å². The summed E-state index contributed by atoms with van der Waals surface area (Å²) in [5.41, 5.74) is 0.784. The maximum absolute atomic E-state index is 14.3. The summed E-state index contributed by atoms with van der Waals surface area (Å²) >= 11 is 5.88. The van der Waals surface area contributed by atoms with Crippen LogP contribution in [0.4, 0.5) is 20.8 Å². The Morgan fingerprint density at radius 2 is 2.03 bits per heavy atom. The van der Waals surface area contributed by atoms with Gasteiger partial charge in [-0.3, -0.25) is 0 Å². The molecule has 2 N–H and O–H groups in total. The van der Waals surface area contributed by atoms with Gasteiger partial charge in [0.15, 0.2) is 23.4 Å². The summed E-state index contributed by atoms with van der Waals surface area (Å²) in [5.74, 6) is 0.719. The van der Waals surface area contributed by atoms with Crippen molar-refractivity contribution in [3.05, 3.63) is 47.4 Å². The molecular formula is C27H32ClFN5O4+. The maximum atomic E-state index is 14.3. The van der Waals surface area contributed by atoms with E-state index in [1.165, 1.54) is 6.07 Å². The van der Waals surface area contributed by atoms with E-state index in [9.17, 15) is 9.18 Å². The van der Waals surface area contributed by atoms with Crippen molar-refractivity contribution in [2.75, 3.05) is 39.2 Å².